The first-order valence-electron chi connectivity index (χ1n) is 9.93. The van der Waals surface area contributed by atoms with Gasteiger partial charge >= 0.3 is 0 Å². The van der Waals surface area contributed by atoms with E-state index in [9.17, 15) is 13.2 Å². The molecule has 1 N–H and O–H groups in total. The highest BCUT2D eigenvalue weighted by Crippen LogP contribution is 2.22. The van der Waals surface area contributed by atoms with E-state index in [2.05, 4.69) is 19.2 Å². The van der Waals surface area contributed by atoms with Crippen LogP contribution in [0.2, 0.25) is 0 Å². The Morgan fingerprint density at radius 3 is 2.18 bits per heavy atom. The van der Waals surface area contributed by atoms with E-state index >= 15 is 0 Å². The number of amides is 1. The molecule has 0 aliphatic carbocycles. The summed E-state index contributed by atoms with van der Waals surface area (Å²) in [5.41, 5.74) is 2.40. The molecular weight excluding hydrogens is 372 g/mol. The molecule has 150 valence electrons. The van der Waals surface area contributed by atoms with E-state index in [1.165, 1.54) is 22.0 Å². The van der Waals surface area contributed by atoms with Crippen molar-refractivity contribution in [2.45, 2.75) is 50.3 Å². The molecule has 0 spiro atoms. The maximum atomic E-state index is 12.7. The summed E-state index contributed by atoms with van der Waals surface area (Å²) in [6.07, 6.45) is 3.94. The Morgan fingerprint density at radius 2 is 1.61 bits per heavy atom. The molecule has 2 aromatic rings. The molecule has 0 aromatic heterocycles. The third-order valence-electron chi connectivity index (χ3n) is 5.42. The van der Waals surface area contributed by atoms with Crippen molar-refractivity contribution in [2.24, 2.45) is 0 Å². The molecule has 0 radical (unpaired) electrons. The first-order chi connectivity index (χ1) is 13.4. The summed E-state index contributed by atoms with van der Waals surface area (Å²) >= 11 is 0. The van der Waals surface area contributed by atoms with Crippen molar-refractivity contribution in [3.05, 3.63) is 59.7 Å². The van der Waals surface area contributed by atoms with Crippen LogP contribution in [0.15, 0.2) is 53.4 Å². The van der Waals surface area contributed by atoms with Crippen LogP contribution in [0.3, 0.4) is 0 Å². The van der Waals surface area contributed by atoms with E-state index in [1.807, 2.05) is 24.3 Å². The number of hydrogen-bond acceptors (Lipinski definition) is 3. The standard InChI is InChI=1S/C22H28N2O3S/c1-3-17(2)18-7-11-20(12-8-18)23-22(25)19-9-13-21(14-10-19)28(26,27)24-15-5-4-6-16-24/h7-14,17H,3-6,15-16H2,1-2H3,(H,23,25)/t17-/m1/s1. The highest BCUT2D eigenvalue weighted by Gasteiger charge is 2.25. The van der Waals surface area contributed by atoms with Crippen LogP contribution in [-0.2, 0) is 10.0 Å². The lowest BCUT2D eigenvalue weighted by molar-refractivity contribution is 0.102. The number of anilines is 1. The predicted molar refractivity (Wildman–Crippen MR) is 112 cm³/mol. The van der Waals surface area contributed by atoms with Crippen molar-refractivity contribution in [1.82, 2.24) is 4.31 Å². The zero-order valence-corrected chi connectivity index (χ0v) is 17.3. The average molecular weight is 401 g/mol. The van der Waals surface area contributed by atoms with Gasteiger partial charge in [0.25, 0.3) is 5.91 Å². The van der Waals surface area contributed by atoms with Gasteiger partial charge in [-0.05, 0) is 67.1 Å². The highest BCUT2D eigenvalue weighted by molar-refractivity contribution is 7.89. The number of rotatable bonds is 6. The highest BCUT2D eigenvalue weighted by atomic mass is 32.2. The maximum Gasteiger partial charge on any atom is 0.255 e. The summed E-state index contributed by atoms with van der Waals surface area (Å²) in [5, 5.41) is 2.87. The maximum absolute atomic E-state index is 12.7. The minimum Gasteiger partial charge on any atom is -0.322 e. The minimum absolute atomic E-state index is 0.240. The number of sulfonamides is 1. The Bertz CT molecular complexity index is 900. The van der Waals surface area contributed by atoms with E-state index < -0.39 is 10.0 Å². The molecule has 0 bridgehead atoms. The number of hydrogen-bond donors (Lipinski definition) is 1. The van der Waals surface area contributed by atoms with Gasteiger partial charge in [0, 0.05) is 24.3 Å². The number of nitrogens with zero attached hydrogens (tertiary/aromatic N) is 1. The van der Waals surface area contributed by atoms with Gasteiger partial charge in [-0.1, -0.05) is 32.4 Å². The first-order valence-corrected chi connectivity index (χ1v) is 11.4. The van der Waals surface area contributed by atoms with E-state index in [1.54, 1.807) is 12.1 Å². The lowest BCUT2D eigenvalue weighted by Gasteiger charge is -2.25. The molecule has 3 rings (SSSR count). The Morgan fingerprint density at radius 1 is 1.00 bits per heavy atom. The van der Waals surface area contributed by atoms with E-state index in [4.69, 9.17) is 0 Å². The molecule has 2 aromatic carbocycles. The van der Waals surface area contributed by atoms with Crippen LogP contribution >= 0.6 is 0 Å². The summed E-state index contributed by atoms with van der Waals surface area (Å²) in [4.78, 5) is 12.7. The topological polar surface area (TPSA) is 66.5 Å². The molecule has 1 saturated heterocycles. The molecule has 6 heteroatoms. The summed E-state index contributed by atoms with van der Waals surface area (Å²) in [6.45, 7) is 5.46. The van der Waals surface area contributed by atoms with Crippen LogP contribution in [0.1, 0.15) is 61.4 Å². The van der Waals surface area contributed by atoms with Crippen molar-refractivity contribution < 1.29 is 13.2 Å². The van der Waals surface area contributed by atoms with Gasteiger partial charge < -0.3 is 5.32 Å². The second kappa shape index (κ2) is 8.88. The first kappa shape index (κ1) is 20.6. The van der Waals surface area contributed by atoms with Gasteiger partial charge in [-0.25, -0.2) is 8.42 Å². The van der Waals surface area contributed by atoms with Gasteiger partial charge in [0.2, 0.25) is 10.0 Å². The Balaban J connectivity index is 1.68. The van der Waals surface area contributed by atoms with Gasteiger partial charge in [-0.2, -0.15) is 4.31 Å². The molecule has 1 aliphatic rings. The molecule has 1 amide bonds. The predicted octanol–water partition coefficient (Wildman–Crippen LogP) is 4.63. The van der Waals surface area contributed by atoms with Crippen molar-refractivity contribution in [3.63, 3.8) is 0 Å². The van der Waals surface area contributed by atoms with Crippen LogP contribution < -0.4 is 5.32 Å². The molecule has 5 nitrogen and oxygen atoms in total. The SMILES string of the molecule is CC[C@@H](C)c1ccc(NC(=O)c2ccc(S(=O)(=O)N3CCCCC3)cc2)cc1. The fourth-order valence-electron chi connectivity index (χ4n) is 3.37. The number of carbonyl (C=O) groups is 1. The Kier molecular flexibility index (Phi) is 6.52. The summed E-state index contributed by atoms with van der Waals surface area (Å²) in [5.74, 6) is 0.234. The quantitative estimate of drug-likeness (QED) is 0.769. The smallest absolute Gasteiger partial charge is 0.255 e. The second-order valence-electron chi connectivity index (χ2n) is 7.37. The van der Waals surface area contributed by atoms with Crippen molar-refractivity contribution >= 4 is 21.6 Å². The lowest BCUT2D eigenvalue weighted by Crippen LogP contribution is -2.35. The average Bonchev–Trinajstić information content (AvgIpc) is 2.74. The largest absolute Gasteiger partial charge is 0.322 e. The normalized spacial score (nSPS) is 16.5. The second-order valence-corrected chi connectivity index (χ2v) is 9.31. The zero-order valence-electron chi connectivity index (χ0n) is 16.5. The summed E-state index contributed by atoms with van der Waals surface area (Å²) in [6, 6.07) is 14.0. The van der Waals surface area contributed by atoms with E-state index in [-0.39, 0.29) is 10.8 Å². The summed E-state index contributed by atoms with van der Waals surface area (Å²) in [7, 11) is -3.48. The summed E-state index contributed by atoms with van der Waals surface area (Å²) < 4.78 is 26.9. The number of benzene rings is 2. The van der Waals surface area contributed by atoms with Crippen LogP contribution in [0, 0.1) is 0 Å². The molecule has 0 saturated carbocycles. The zero-order chi connectivity index (χ0) is 20.1. The van der Waals surface area contributed by atoms with Gasteiger partial charge in [0.1, 0.15) is 0 Å². The number of piperidine rings is 1. The van der Waals surface area contributed by atoms with Crippen LogP contribution in [0.4, 0.5) is 5.69 Å². The van der Waals surface area contributed by atoms with E-state index in [0.717, 1.165) is 31.4 Å². The van der Waals surface area contributed by atoms with E-state index in [0.29, 0.717) is 24.6 Å². The van der Waals surface area contributed by atoms with Crippen LogP contribution in [0.25, 0.3) is 0 Å². The third-order valence-corrected chi connectivity index (χ3v) is 7.33. The van der Waals surface area contributed by atoms with Gasteiger partial charge in [-0.15, -0.1) is 0 Å². The molecule has 1 fully saturated rings. The Hall–Kier alpha value is -2.18. The molecule has 28 heavy (non-hydrogen) atoms. The molecule has 0 unspecified atom stereocenters. The molecule has 1 atom stereocenters. The monoisotopic (exact) mass is 400 g/mol. The molecule has 1 aliphatic heterocycles. The van der Waals surface area contributed by atoms with Crippen molar-refractivity contribution in [1.29, 1.82) is 0 Å². The number of nitrogens with one attached hydrogen (secondary N) is 1. The van der Waals surface area contributed by atoms with Crippen LogP contribution in [-0.4, -0.2) is 31.7 Å². The number of carbonyl (C=O) groups excluding carboxylic acids is 1. The van der Waals surface area contributed by atoms with Gasteiger partial charge in [-0.3, -0.25) is 4.79 Å². The fraction of sp³-hybridized carbons (Fsp3) is 0.409. The lowest BCUT2D eigenvalue weighted by atomic mass is 9.98. The fourth-order valence-corrected chi connectivity index (χ4v) is 4.88. The van der Waals surface area contributed by atoms with Crippen LogP contribution in [0.5, 0.6) is 0 Å². The Labute approximate surface area is 167 Å². The molecule has 1 heterocycles. The van der Waals surface area contributed by atoms with Gasteiger partial charge in [0.15, 0.2) is 0 Å². The van der Waals surface area contributed by atoms with Crippen molar-refractivity contribution in [2.75, 3.05) is 18.4 Å². The van der Waals surface area contributed by atoms with Gasteiger partial charge in [0.05, 0.1) is 4.90 Å². The molecular formula is C22H28N2O3S. The minimum atomic E-state index is -3.48. The third kappa shape index (κ3) is 4.62. The van der Waals surface area contributed by atoms with Crippen molar-refractivity contribution in [3.8, 4) is 0 Å².